The van der Waals surface area contributed by atoms with Gasteiger partial charge in [-0.15, -0.1) is 0 Å². The van der Waals surface area contributed by atoms with Crippen LogP contribution in [0.15, 0.2) is 42.5 Å². The van der Waals surface area contributed by atoms with Crippen LogP contribution >= 0.6 is 0 Å². The van der Waals surface area contributed by atoms with Crippen molar-refractivity contribution in [3.8, 4) is 0 Å². The number of aryl methyl sites for hydroxylation is 1. The van der Waals surface area contributed by atoms with E-state index in [1.807, 2.05) is 37.3 Å². The van der Waals surface area contributed by atoms with Gasteiger partial charge in [0.2, 0.25) is 0 Å². The second kappa shape index (κ2) is 5.71. The number of halogens is 2. The van der Waals surface area contributed by atoms with E-state index in [2.05, 4.69) is 0 Å². The van der Waals surface area contributed by atoms with Crippen molar-refractivity contribution in [1.82, 2.24) is 0 Å². The maximum atomic E-state index is 14.3. The zero-order valence-electron chi connectivity index (χ0n) is 11.8. The summed E-state index contributed by atoms with van der Waals surface area (Å²) in [7, 11) is 0. The standard InChI is InChI=1S/C17H19F2N/c1-3-17(20,11-13-7-5-4-6-8-13)15-14(18)10-9-12(2)16(15)19/h4-10H,3,11,20H2,1-2H3. The molecule has 0 aliphatic carbocycles. The van der Waals surface area contributed by atoms with Crippen LogP contribution in [-0.2, 0) is 12.0 Å². The van der Waals surface area contributed by atoms with E-state index in [-0.39, 0.29) is 5.56 Å². The third-order valence-corrected chi connectivity index (χ3v) is 3.78. The minimum Gasteiger partial charge on any atom is -0.321 e. The van der Waals surface area contributed by atoms with Crippen molar-refractivity contribution in [2.24, 2.45) is 5.73 Å². The summed E-state index contributed by atoms with van der Waals surface area (Å²) in [5.41, 5.74) is 6.67. The van der Waals surface area contributed by atoms with Crippen molar-refractivity contribution in [3.05, 3.63) is 70.8 Å². The molecule has 106 valence electrons. The van der Waals surface area contributed by atoms with E-state index in [1.165, 1.54) is 12.1 Å². The maximum absolute atomic E-state index is 14.3. The van der Waals surface area contributed by atoms with Gasteiger partial charge in [0.1, 0.15) is 11.6 Å². The summed E-state index contributed by atoms with van der Waals surface area (Å²) in [6, 6.07) is 12.3. The van der Waals surface area contributed by atoms with Crippen molar-refractivity contribution in [3.63, 3.8) is 0 Å². The van der Waals surface area contributed by atoms with Gasteiger partial charge in [-0.3, -0.25) is 0 Å². The Morgan fingerprint density at radius 1 is 1.05 bits per heavy atom. The summed E-state index contributed by atoms with van der Waals surface area (Å²) in [5.74, 6) is -1.11. The fourth-order valence-corrected chi connectivity index (χ4v) is 2.46. The van der Waals surface area contributed by atoms with Crippen LogP contribution in [0.4, 0.5) is 8.78 Å². The number of hydrogen-bond donors (Lipinski definition) is 1. The second-order valence-electron chi connectivity index (χ2n) is 5.23. The van der Waals surface area contributed by atoms with Crippen molar-refractivity contribution < 1.29 is 8.78 Å². The lowest BCUT2D eigenvalue weighted by Gasteiger charge is -2.30. The third-order valence-electron chi connectivity index (χ3n) is 3.78. The van der Waals surface area contributed by atoms with Gasteiger partial charge in [-0.1, -0.05) is 43.3 Å². The van der Waals surface area contributed by atoms with E-state index in [0.717, 1.165) is 5.56 Å². The van der Waals surface area contributed by atoms with Gasteiger partial charge in [0.15, 0.2) is 0 Å². The van der Waals surface area contributed by atoms with Crippen LogP contribution in [0.5, 0.6) is 0 Å². The third kappa shape index (κ3) is 2.73. The molecule has 0 radical (unpaired) electrons. The van der Waals surface area contributed by atoms with Gasteiger partial charge in [0.05, 0.1) is 5.54 Å². The van der Waals surface area contributed by atoms with Gasteiger partial charge < -0.3 is 5.73 Å². The van der Waals surface area contributed by atoms with Crippen LogP contribution in [0.3, 0.4) is 0 Å². The van der Waals surface area contributed by atoms with E-state index in [0.29, 0.717) is 18.4 Å². The van der Waals surface area contributed by atoms with Crippen molar-refractivity contribution in [2.75, 3.05) is 0 Å². The van der Waals surface area contributed by atoms with Crippen LogP contribution in [0.1, 0.15) is 30.0 Å². The second-order valence-corrected chi connectivity index (χ2v) is 5.23. The minimum atomic E-state index is -1.04. The van der Waals surface area contributed by atoms with Gasteiger partial charge >= 0.3 is 0 Å². The molecule has 3 heteroatoms. The highest BCUT2D eigenvalue weighted by Crippen LogP contribution is 2.32. The molecule has 2 N–H and O–H groups in total. The lowest BCUT2D eigenvalue weighted by molar-refractivity contribution is 0.378. The normalized spacial score (nSPS) is 14.1. The summed E-state index contributed by atoms with van der Waals surface area (Å²) in [4.78, 5) is 0. The topological polar surface area (TPSA) is 26.0 Å². The molecule has 0 saturated heterocycles. The molecule has 0 bridgehead atoms. The Hall–Kier alpha value is -1.74. The SMILES string of the molecule is CCC(N)(Cc1ccccc1)c1c(F)ccc(C)c1F. The van der Waals surface area contributed by atoms with E-state index in [1.54, 1.807) is 6.92 Å². The van der Waals surface area contributed by atoms with Crippen LogP contribution in [-0.4, -0.2) is 0 Å². The lowest BCUT2D eigenvalue weighted by atomic mass is 9.81. The molecule has 0 aliphatic rings. The molecule has 0 aliphatic heterocycles. The van der Waals surface area contributed by atoms with Crippen LogP contribution < -0.4 is 5.73 Å². The van der Waals surface area contributed by atoms with Crippen LogP contribution in [0.25, 0.3) is 0 Å². The van der Waals surface area contributed by atoms with E-state index >= 15 is 0 Å². The first-order valence-electron chi connectivity index (χ1n) is 6.76. The first-order chi connectivity index (χ1) is 9.48. The Morgan fingerprint density at radius 3 is 2.30 bits per heavy atom. The van der Waals surface area contributed by atoms with Crippen LogP contribution in [0, 0.1) is 18.6 Å². The summed E-state index contributed by atoms with van der Waals surface area (Å²) < 4.78 is 28.4. The lowest BCUT2D eigenvalue weighted by Crippen LogP contribution is -2.40. The average Bonchev–Trinajstić information content (AvgIpc) is 2.44. The summed E-state index contributed by atoms with van der Waals surface area (Å²) in [6.45, 7) is 3.47. The van der Waals surface area contributed by atoms with E-state index < -0.39 is 17.2 Å². The van der Waals surface area contributed by atoms with E-state index in [9.17, 15) is 8.78 Å². The zero-order valence-corrected chi connectivity index (χ0v) is 11.8. The Morgan fingerprint density at radius 2 is 1.70 bits per heavy atom. The quantitative estimate of drug-likeness (QED) is 0.894. The molecule has 2 aromatic rings. The van der Waals surface area contributed by atoms with Crippen molar-refractivity contribution in [2.45, 2.75) is 32.2 Å². The zero-order chi connectivity index (χ0) is 14.8. The predicted octanol–water partition coefficient (Wildman–Crippen LogP) is 4.08. The molecule has 2 aromatic carbocycles. The number of benzene rings is 2. The maximum Gasteiger partial charge on any atom is 0.134 e. The van der Waals surface area contributed by atoms with Gasteiger partial charge in [-0.05, 0) is 37.0 Å². The Kier molecular flexibility index (Phi) is 4.19. The Bertz CT molecular complexity index is 595. The van der Waals surface area contributed by atoms with Gasteiger partial charge in [-0.2, -0.15) is 0 Å². The average molecular weight is 275 g/mol. The molecular weight excluding hydrogens is 256 g/mol. The van der Waals surface area contributed by atoms with Gasteiger partial charge in [-0.25, -0.2) is 8.78 Å². The summed E-state index contributed by atoms with van der Waals surface area (Å²) >= 11 is 0. The number of hydrogen-bond acceptors (Lipinski definition) is 1. The van der Waals surface area contributed by atoms with Crippen molar-refractivity contribution in [1.29, 1.82) is 0 Å². The smallest absolute Gasteiger partial charge is 0.134 e. The molecule has 0 aromatic heterocycles. The van der Waals surface area contributed by atoms with E-state index in [4.69, 9.17) is 5.73 Å². The summed E-state index contributed by atoms with van der Waals surface area (Å²) in [5, 5.41) is 0. The molecule has 1 atom stereocenters. The first-order valence-corrected chi connectivity index (χ1v) is 6.76. The number of nitrogens with two attached hydrogens (primary N) is 1. The molecule has 0 heterocycles. The predicted molar refractivity (Wildman–Crippen MR) is 77.4 cm³/mol. The van der Waals surface area contributed by atoms with Gasteiger partial charge in [0, 0.05) is 5.56 Å². The molecule has 20 heavy (non-hydrogen) atoms. The fraction of sp³-hybridized carbons (Fsp3) is 0.294. The Labute approximate surface area is 118 Å². The summed E-state index contributed by atoms with van der Waals surface area (Å²) in [6.07, 6.45) is 0.862. The Balaban J connectivity index is 2.48. The fourth-order valence-electron chi connectivity index (χ4n) is 2.46. The molecule has 1 unspecified atom stereocenters. The molecule has 0 spiro atoms. The molecular formula is C17H19F2N. The highest BCUT2D eigenvalue weighted by atomic mass is 19.1. The highest BCUT2D eigenvalue weighted by Gasteiger charge is 2.32. The molecule has 1 nitrogen and oxygen atoms in total. The minimum absolute atomic E-state index is 0.0103. The largest absolute Gasteiger partial charge is 0.321 e. The highest BCUT2D eigenvalue weighted by molar-refractivity contribution is 5.34. The van der Waals surface area contributed by atoms with Crippen LogP contribution in [0.2, 0.25) is 0 Å². The molecule has 2 rings (SSSR count). The van der Waals surface area contributed by atoms with Crippen molar-refractivity contribution >= 4 is 0 Å². The van der Waals surface area contributed by atoms with Gasteiger partial charge in [0.25, 0.3) is 0 Å². The first kappa shape index (κ1) is 14.7. The molecule has 0 saturated carbocycles. The molecule has 0 amide bonds. The number of rotatable bonds is 4. The monoisotopic (exact) mass is 275 g/mol. The molecule has 0 fully saturated rings.